The van der Waals surface area contributed by atoms with E-state index < -0.39 is 35.3 Å². The minimum Gasteiger partial charge on any atom is -0.481 e. The normalized spacial score (nSPS) is 11.4. The summed E-state index contributed by atoms with van der Waals surface area (Å²) in [6.07, 6.45) is -7.98. The van der Waals surface area contributed by atoms with Crippen molar-refractivity contribution in [2.75, 3.05) is 7.11 Å². The Labute approximate surface area is 92.4 Å². The standard InChI is InChI=1S/C9H5F5N2O/c1-17-8-6(7(10)11)4(3-15)2-5(16-8)9(12,13)14/h2,7H,1H3. The maximum Gasteiger partial charge on any atom is 0.433 e. The third kappa shape index (κ3) is 2.61. The van der Waals surface area contributed by atoms with Crippen molar-refractivity contribution < 1.29 is 26.7 Å². The highest BCUT2D eigenvalue weighted by molar-refractivity contribution is 5.45. The van der Waals surface area contributed by atoms with Gasteiger partial charge in [0.05, 0.1) is 24.3 Å². The first kappa shape index (κ1) is 13.2. The highest BCUT2D eigenvalue weighted by atomic mass is 19.4. The first-order valence-corrected chi connectivity index (χ1v) is 4.15. The quantitative estimate of drug-likeness (QED) is 0.760. The van der Waals surface area contributed by atoms with Gasteiger partial charge in [-0.15, -0.1) is 0 Å². The third-order valence-corrected chi connectivity index (χ3v) is 1.85. The van der Waals surface area contributed by atoms with Gasteiger partial charge in [0.15, 0.2) is 0 Å². The molecule has 0 aliphatic rings. The van der Waals surface area contributed by atoms with Crippen LogP contribution in [0.15, 0.2) is 6.07 Å². The Kier molecular flexibility index (Phi) is 3.50. The molecular formula is C9H5F5N2O. The van der Waals surface area contributed by atoms with E-state index in [0.717, 1.165) is 7.11 Å². The van der Waals surface area contributed by atoms with Gasteiger partial charge >= 0.3 is 6.18 Å². The molecule has 0 aromatic carbocycles. The van der Waals surface area contributed by atoms with Crippen LogP contribution in [0.5, 0.6) is 5.88 Å². The van der Waals surface area contributed by atoms with Gasteiger partial charge in [0.25, 0.3) is 6.43 Å². The summed E-state index contributed by atoms with van der Waals surface area (Å²) in [5.74, 6) is -0.897. The van der Waals surface area contributed by atoms with E-state index in [-0.39, 0.29) is 6.07 Å². The summed E-state index contributed by atoms with van der Waals surface area (Å²) >= 11 is 0. The summed E-state index contributed by atoms with van der Waals surface area (Å²) in [6, 6.07) is 1.53. The number of aromatic nitrogens is 1. The fraction of sp³-hybridized carbons (Fsp3) is 0.333. The van der Waals surface area contributed by atoms with Gasteiger partial charge in [-0.2, -0.15) is 18.4 Å². The van der Waals surface area contributed by atoms with Crippen molar-refractivity contribution in [1.82, 2.24) is 4.98 Å². The van der Waals surface area contributed by atoms with Gasteiger partial charge in [-0.1, -0.05) is 0 Å². The molecule has 0 fully saturated rings. The van der Waals surface area contributed by atoms with Crippen LogP contribution in [0.25, 0.3) is 0 Å². The molecule has 0 radical (unpaired) electrons. The van der Waals surface area contributed by atoms with Crippen molar-refractivity contribution in [1.29, 1.82) is 5.26 Å². The maximum absolute atomic E-state index is 12.5. The van der Waals surface area contributed by atoms with Crippen LogP contribution in [0.3, 0.4) is 0 Å². The lowest BCUT2D eigenvalue weighted by molar-refractivity contribution is -0.141. The monoisotopic (exact) mass is 252 g/mol. The van der Waals surface area contributed by atoms with Gasteiger partial charge in [-0.3, -0.25) is 0 Å². The van der Waals surface area contributed by atoms with E-state index in [1.807, 2.05) is 0 Å². The van der Waals surface area contributed by atoms with Crippen LogP contribution in [0, 0.1) is 11.3 Å². The molecule has 1 aromatic heterocycles. The molecule has 1 rings (SSSR count). The van der Waals surface area contributed by atoms with Crippen LogP contribution in [0.2, 0.25) is 0 Å². The molecule has 0 atom stereocenters. The molecule has 1 heterocycles. The molecule has 0 unspecified atom stereocenters. The number of ether oxygens (including phenoxy) is 1. The van der Waals surface area contributed by atoms with Crippen molar-refractivity contribution >= 4 is 0 Å². The number of hydrogen-bond donors (Lipinski definition) is 0. The second-order valence-corrected chi connectivity index (χ2v) is 2.89. The molecule has 0 amide bonds. The summed E-state index contributed by atoms with van der Waals surface area (Å²) in [5.41, 5.74) is -3.20. The average Bonchev–Trinajstić information content (AvgIpc) is 2.25. The van der Waals surface area contributed by atoms with Crippen LogP contribution in [-0.4, -0.2) is 12.1 Å². The topological polar surface area (TPSA) is 45.9 Å². The van der Waals surface area contributed by atoms with Crippen molar-refractivity contribution in [3.63, 3.8) is 0 Å². The van der Waals surface area contributed by atoms with Crippen LogP contribution in [-0.2, 0) is 6.18 Å². The van der Waals surface area contributed by atoms with Crippen molar-refractivity contribution in [3.8, 4) is 11.9 Å². The summed E-state index contributed by atoms with van der Waals surface area (Å²) in [5, 5.41) is 8.54. The number of pyridine rings is 1. The van der Waals surface area contributed by atoms with Gasteiger partial charge in [0, 0.05) is 0 Å². The van der Waals surface area contributed by atoms with Crippen LogP contribution >= 0.6 is 0 Å². The molecule has 17 heavy (non-hydrogen) atoms. The van der Waals surface area contributed by atoms with E-state index in [2.05, 4.69) is 9.72 Å². The molecule has 0 spiro atoms. The lowest BCUT2D eigenvalue weighted by atomic mass is 10.1. The van der Waals surface area contributed by atoms with Gasteiger partial charge in [0.1, 0.15) is 5.69 Å². The smallest absolute Gasteiger partial charge is 0.433 e. The lowest BCUT2D eigenvalue weighted by Crippen LogP contribution is -2.11. The number of alkyl halides is 5. The fourth-order valence-electron chi connectivity index (χ4n) is 1.14. The number of hydrogen-bond acceptors (Lipinski definition) is 3. The number of methoxy groups -OCH3 is 1. The summed E-state index contributed by atoms with van der Waals surface area (Å²) in [6.45, 7) is 0. The minimum atomic E-state index is -4.83. The molecule has 0 saturated carbocycles. The molecule has 8 heteroatoms. The zero-order valence-corrected chi connectivity index (χ0v) is 8.35. The van der Waals surface area contributed by atoms with Gasteiger partial charge in [0.2, 0.25) is 5.88 Å². The molecule has 0 aliphatic carbocycles. The van der Waals surface area contributed by atoms with Gasteiger partial charge in [-0.25, -0.2) is 13.8 Å². The largest absolute Gasteiger partial charge is 0.481 e. The van der Waals surface area contributed by atoms with E-state index in [0.29, 0.717) is 0 Å². The number of rotatable bonds is 2. The van der Waals surface area contributed by atoms with E-state index in [4.69, 9.17) is 5.26 Å². The van der Waals surface area contributed by atoms with Crippen molar-refractivity contribution in [2.24, 2.45) is 0 Å². The molecule has 3 nitrogen and oxygen atoms in total. The molecule has 92 valence electrons. The van der Waals surface area contributed by atoms with E-state index in [1.54, 1.807) is 0 Å². The van der Waals surface area contributed by atoms with Crippen molar-refractivity contribution in [2.45, 2.75) is 12.6 Å². The summed E-state index contributed by atoms with van der Waals surface area (Å²) < 4.78 is 66.4. The highest BCUT2D eigenvalue weighted by Crippen LogP contribution is 2.35. The van der Waals surface area contributed by atoms with Crippen molar-refractivity contribution in [3.05, 3.63) is 22.9 Å². The highest BCUT2D eigenvalue weighted by Gasteiger charge is 2.35. The molecule has 0 saturated heterocycles. The minimum absolute atomic E-state index is 0.268. The summed E-state index contributed by atoms with van der Waals surface area (Å²) in [4.78, 5) is 2.91. The Morgan fingerprint density at radius 2 is 2.00 bits per heavy atom. The second-order valence-electron chi connectivity index (χ2n) is 2.89. The van der Waals surface area contributed by atoms with Gasteiger partial charge in [-0.05, 0) is 6.07 Å². The maximum atomic E-state index is 12.5. The molecule has 0 N–H and O–H groups in total. The lowest BCUT2D eigenvalue weighted by Gasteiger charge is -2.12. The Morgan fingerprint density at radius 3 is 2.35 bits per heavy atom. The van der Waals surface area contributed by atoms with Crippen LogP contribution < -0.4 is 4.74 Å². The van der Waals surface area contributed by atoms with Gasteiger partial charge < -0.3 is 4.74 Å². The van der Waals surface area contributed by atoms with Crippen LogP contribution in [0.4, 0.5) is 22.0 Å². The Bertz CT molecular complexity index is 464. The second kappa shape index (κ2) is 4.53. The molecular weight excluding hydrogens is 247 g/mol. The third-order valence-electron chi connectivity index (χ3n) is 1.85. The number of halogens is 5. The molecule has 0 bridgehead atoms. The Hall–Kier alpha value is -1.91. The van der Waals surface area contributed by atoms with E-state index in [1.165, 1.54) is 6.07 Å². The zero-order chi connectivity index (χ0) is 13.2. The Morgan fingerprint density at radius 1 is 1.41 bits per heavy atom. The summed E-state index contributed by atoms with van der Waals surface area (Å²) in [7, 11) is 0.898. The molecule has 0 aliphatic heterocycles. The van der Waals surface area contributed by atoms with Crippen LogP contribution in [0.1, 0.15) is 23.2 Å². The van der Waals surface area contributed by atoms with E-state index >= 15 is 0 Å². The molecule has 1 aromatic rings. The number of nitrogens with zero attached hydrogens (tertiary/aromatic N) is 2. The first-order valence-electron chi connectivity index (χ1n) is 4.15. The average molecular weight is 252 g/mol. The SMILES string of the molecule is COc1nc(C(F)(F)F)cc(C#N)c1C(F)F. The predicted octanol–water partition coefficient (Wildman–Crippen LogP) is 2.92. The van der Waals surface area contributed by atoms with E-state index in [9.17, 15) is 22.0 Å². The number of nitriles is 1. The fourth-order valence-corrected chi connectivity index (χ4v) is 1.14. The Balaban J connectivity index is 3.52. The predicted molar refractivity (Wildman–Crippen MR) is 45.5 cm³/mol. The first-order chi connectivity index (χ1) is 7.81. The zero-order valence-electron chi connectivity index (χ0n) is 8.35.